The smallest absolute Gasteiger partial charge is 0.135 e. The highest BCUT2D eigenvalue weighted by molar-refractivity contribution is 6.11. The van der Waals surface area contributed by atoms with Crippen LogP contribution in [0.2, 0.25) is 0 Å². The first kappa shape index (κ1) is 22.9. The molecule has 0 amide bonds. The summed E-state index contributed by atoms with van der Waals surface area (Å²) in [5, 5.41) is 3.77. The molecule has 2 heterocycles. The quantitative estimate of drug-likeness (QED) is 0.219. The summed E-state index contributed by atoms with van der Waals surface area (Å²) in [6.07, 6.45) is 5.72. The molecule has 0 spiro atoms. The van der Waals surface area contributed by atoms with E-state index in [2.05, 4.69) is 140 Å². The first-order chi connectivity index (χ1) is 20.1. The number of hydrogen-bond donors (Lipinski definition) is 0. The number of para-hydroxylation sites is 2. The van der Waals surface area contributed by atoms with Crippen molar-refractivity contribution in [1.29, 1.82) is 0 Å². The monoisotopic (exact) mass is 527 g/mol. The summed E-state index contributed by atoms with van der Waals surface area (Å²) in [4.78, 5) is 0. The molecule has 0 saturated carbocycles. The molecule has 0 fully saturated rings. The van der Waals surface area contributed by atoms with E-state index >= 15 is 0 Å². The van der Waals surface area contributed by atoms with Gasteiger partial charge in [-0.15, -0.1) is 0 Å². The van der Waals surface area contributed by atoms with Gasteiger partial charge in [0.25, 0.3) is 0 Å². The summed E-state index contributed by atoms with van der Waals surface area (Å²) >= 11 is 0. The number of hydrogen-bond acceptors (Lipinski definition) is 1. The van der Waals surface area contributed by atoms with Gasteiger partial charge in [0.15, 0.2) is 0 Å². The molecule has 9 rings (SSSR count). The van der Waals surface area contributed by atoms with Crippen molar-refractivity contribution in [3.63, 3.8) is 0 Å². The zero-order chi connectivity index (χ0) is 27.3. The van der Waals surface area contributed by atoms with Gasteiger partial charge in [0.2, 0.25) is 0 Å². The van der Waals surface area contributed by atoms with Crippen molar-refractivity contribution in [2.75, 3.05) is 0 Å². The van der Waals surface area contributed by atoms with Gasteiger partial charge in [-0.3, -0.25) is 0 Å². The van der Waals surface area contributed by atoms with Crippen LogP contribution in [0, 0.1) is 0 Å². The van der Waals surface area contributed by atoms with Gasteiger partial charge in [-0.2, -0.15) is 0 Å². The Bertz CT molecular complexity index is 2210. The van der Waals surface area contributed by atoms with E-state index in [1.54, 1.807) is 0 Å². The molecule has 0 bridgehead atoms. The average molecular weight is 528 g/mol. The molecule has 2 nitrogen and oxygen atoms in total. The predicted molar refractivity (Wildman–Crippen MR) is 170 cm³/mol. The molecule has 0 saturated heterocycles. The summed E-state index contributed by atoms with van der Waals surface area (Å²) in [7, 11) is 0. The Morgan fingerprint density at radius 3 is 2.37 bits per heavy atom. The van der Waals surface area contributed by atoms with Gasteiger partial charge >= 0.3 is 0 Å². The van der Waals surface area contributed by atoms with Gasteiger partial charge in [0, 0.05) is 44.4 Å². The molecule has 1 atom stereocenters. The van der Waals surface area contributed by atoms with E-state index in [1.807, 2.05) is 0 Å². The third kappa shape index (κ3) is 3.08. The fraction of sp³-hybridized carbons (Fsp3) is 0.128. The van der Waals surface area contributed by atoms with Crippen LogP contribution >= 0.6 is 0 Å². The fourth-order valence-electron chi connectivity index (χ4n) is 7.67. The van der Waals surface area contributed by atoms with E-state index in [-0.39, 0.29) is 5.41 Å². The van der Waals surface area contributed by atoms with Gasteiger partial charge in [-0.1, -0.05) is 105 Å². The van der Waals surface area contributed by atoms with Crippen molar-refractivity contribution >= 4 is 38.9 Å². The molecule has 2 aliphatic carbocycles. The minimum Gasteiger partial charge on any atom is -0.456 e. The molecule has 0 aliphatic heterocycles. The number of rotatable bonds is 2. The van der Waals surface area contributed by atoms with Crippen molar-refractivity contribution in [3.8, 4) is 16.8 Å². The minimum absolute atomic E-state index is 0.164. The van der Waals surface area contributed by atoms with Crippen LogP contribution in [0.15, 0.2) is 120 Å². The number of furan rings is 1. The van der Waals surface area contributed by atoms with Crippen molar-refractivity contribution in [1.82, 2.24) is 4.57 Å². The largest absolute Gasteiger partial charge is 0.456 e. The highest BCUT2D eigenvalue weighted by Crippen LogP contribution is 2.53. The summed E-state index contributed by atoms with van der Waals surface area (Å²) < 4.78 is 8.82. The van der Waals surface area contributed by atoms with E-state index in [4.69, 9.17) is 4.42 Å². The molecule has 5 aromatic carbocycles. The lowest BCUT2D eigenvalue weighted by molar-refractivity contribution is 0.656. The van der Waals surface area contributed by atoms with Crippen LogP contribution in [0.1, 0.15) is 47.7 Å². The zero-order valence-electron chi connectivity index (χ0n) is 23.2. The van der Waals surface area contributed by atoms with Gasteiger partial charge in [-0.25, -0.2) is 0 Å². The van der Waals surface area contributed by atoms with Gasteiger partial charge in [0.1, 0.15) is 11.2 Å². The minimum atomic E-state index is -0.164. The normalized spacial score (nSPS) is 16.8. The topological polar surface area (TPSA) is 18.1 Å². The molecular weight excluding hydrogens is 498 g/mol. The zero-order valence-corrected chi connectivity index (χ0v) is 23.2. The van der Waals surface area contributed by atoms with Crippen LogP contribution < -0.4 is 0 Å². The fourth-order valence-corrected chi connectivity index (χ4v) is 7.67. The summed E-state index contributed by atoms with van der Waals surface area (Å²) in [5.74, 6) is 0.365. The van der Waals surface area contributed by atoms with Gasteiger partial charge in [-0.05, 0) is 64.6 Å². The maximum absolute atomic E-state index is 6.30. The SMILES string of the molecule is CC1(C)c2cc(-n3c4c(c5ccccc53)C=CC(c3ccccc3)C4)ccc2-c2ccc3oc4ccccc4c3c21. The predicted octanol–water partition coefficient (Wildman–Crippen LogP) is 10.2. The Morgan fingerprint density at radius 1 is 0.732 bits per heavy atom. The lowest BCUT2D eigenvalue weighted by Gasteiger charge is -2.24. The second-order valence-electron chi connectivity index (χ2n) is 12.1. The molecule has 0 radical (unpaired) electrons. The van der Waals surface area contributed by atoms with Crippen LogP contribution in [0.25, 0.3) is 55.7 Å². The lowest BCUT2D eigenvalue weighted by Crippen LogP contribution is -2.16. The first-order valence-corrected chi connectivity index (χ1v) is 14.5. The Balaban J connectivity index is 1.25. The number of allylic oxidation sites excluding steroid dienone is 1. The molecule has 2 aliphatic rings. The molecule has 2 heteroatoms. The Hall–Kier alpha value is -4.82. The summed E-state index contributed by atoms with van der Waals surface area (Å²) in [5.41, 5.74) is 13.8. The Labute approximate surface area is 239 Å². The van der Waals surface area contributed by atoms with Crippen molar-refractivity contribution < 1.29 is 4.42 Å². The van der Waals surface area contributed by atoms with Crippen LogP contribution in [0.4, 0.5) is 0 Å². The summed E-state index contributed by atoms with van der Waals surface area (Å²) in [6.45, 7) is 4.75. The lowest BCUT2D eigenvalue weighted by atomic mass is 9.80. The van der Waals surface area contributed by atoms with Crippen LogP contribution in [-0.2, 0) is 11.8 Å². The summed E-state index contributed by atoms with van der Waals surface area (Å²) in [6, 6.07) is 39.7. The maximum atomic E-state index is 6.30. The molecular formula is C39H29NO. The third-order valence-corrected chi connectivity index (χ3v) is 9.55. The maximum Gasteiger partial charge on any atom is 0.135 e. The van der Waals surface area contributed by atoms with E-state index in [0.717, 1.165) is 17.6 Å². The molecule has 1 unspecified atom stereocenters. The second kappa shape index (κ2) is 8.11. The van der Waals surface area contributed by atoms with Crippen LogP contribution in [-0.4, -0.2) is 4.57 Å². The van der Waals surface area contributed by atoms with Crippen molar-refractivity contribution in [3.05, 3.63) is 143 Å². The number of nitrogens with zero attached hydrogens (tertiary/aromatic N) is 1. The standard InChI is InChI=1S/C39H29NO/c1-39(2)32-23-26(17-19-27(32)30-20-21-36-37(38(30)39)31-13-7-9-15-35(31)41-36)40-33-14-8-6-12-28(33)29-18-16-25(22-34(29)40)24-10-4-3-5-11-24/h3-21,23,25H,22H2,1-2H3. The van der Waals surface area contributed by atoms with Gasteiger partial charge < -0.3 is 8.98 Å². The Kier molecular flexibility index (Phi) is 4.54. The number of aromatic nitrogens is 1. The molecule has 196 valence electrons. The first-order valence-electron chi connectivity index (χ1n) is 14.5. The van der Waals surface area contributed by atoms with E-state index in [9.17, 15) is 0 Å². The van der Waals surface area contributed by atoms with Crippen LogP contribution in [0.3, 0.4) is 0 Å². The molecule has 2 aromatic heterocycles. The highest BCUT2D eigenvalue weighted by Gasteiger charge is 2.38. The van der Waals surface area contributed by atoms with E-state index in [0.29, 0.717) is 5.92 Å². The van der Waals surface area contributed by atoms with Crippen molar-refractivity contribution in [2.45, 2.75) is 31.6 Å². The highest BCUT2D eigenvalue weighted by atomic mass is 16.3. The van der Waals surface area contributed by atoms with Gasteiger partial charge in [0.05, 0.1) is 5.52 Å². The van der Waals surface area contributed by atoms with Crippen molar-refractivity contribution in [2.24, 2.45) is 0 Å². The number of benzene rings is 5. The van der Waals surface area contributed by atoms with E-state index in [1.165, 1.54) is 66.4 Å². The molecule has 7 aromatic rings. The molecule has 0 N–H and O–H groups in total. The van der Waals surface area contributed by atoms with E-state index < -0.39 is 0 Å². The molecule has 41 heavy (non-hydrogen) atoms. The second-order valence-corrected chi connectivity index (χ2v) is 12.1. The van der Waals surface area contributed by atoms with Crippen LogP contribution in [0.5, 0.6) is 0 Å². The Morgan fingerprint density at radius 2 is 1.49 bits per heavy atom. The average Bonchev–Trinajstić information content (AvgIpc) is 3.63. The third-order valence-electron chi connectivity index (χ3n) is 9.55. The number of fused-ring (bicyclic) bond motifs is 10.